The fourth-order valence-corrected chi connectivity index (χ4v) is 4.12. The largest absolute Gasteiger partial charge is 0.469 e. The molecule has 0 aliphatic carbocycles. The Hall–Kier alpha value is -1.58. The zero-order valence-corrected chi connectivity index (χ0v) is 21.0. The van der Waals surface area contributed by atoms with Gasteiger partial charge in [-0.3, -0.25) is 4.79 Å². The Kier molecular flexibility index (Phi) is 9.64. The van der Waals surface area contributed by atoms with Gasteiger partial charge < -0.3 is 19.9 Å². The molecule has 2 aliphatic rings. The van der Waals surface area contributed by atoms with Crippen molar-refractivity contribution in [1.29, 1.82) is 0 Å². The number of pyridine rings is 1. The number of hydrogen-bond acceptors (Lipinski definition) is 5. The van der Waals surface area contributed by atoms with E-state index in [9.17, 15) is 4.79 Å². The van der Waals surface area contributed by atoms with Gasteiger partial charge in [-0.1, -0.05) is 19.9 Å². The number of esters is 1. The summed E-state index contributed by atoms with van der Waals surface area (Å²) in [5.41, 5.74) is 1.09. The Morgan fingerprint density at radius 3 is 2.60 bits per heavy atom. The molecular formula is C22H36IN5O2. The number of ether oxygens (including phenoxy) is 1. The normalized spacial score (nSPS) is 22.6. The minimum Gasteiger partial charge on any atom is -0.469 e. The molecule has 1 aromatic heterocycles. The predicted octanol–water partition coefficient (Wildman–Crippen LogP) is 3.14. The van der Waals surface area contributed by atoms with E-state index in [0.717, 1.165) is 49.4 Å². The van der Waals surface area contributed by atoms with Gasteiger partial charge in [-0.05, 0) is 43.2 Å². The summed E-state index contributed by atoms with van der Waals surface area (Å²) in [6, 6.07) is 4.23. The van der Waals surface area contributed by atoms with Crippen LogP contribution in [0.4, 0.5) is 5.82 Å². The summed E-state index contributed by atoms with van der Waals surface area (Å²) < 4.78 is 4.95. The lowest BCUT2D eigenvalue weighted by Gasteiger charge is -2.31. The molecule has 2 saturated heterocycles. The summed E-state index contributed by atoms with van der Waals surface area (Å²) in [4.78, 5) is 26.0. The van der Waals surface area contributed by atoms with E-state index in [4.69, 9.17) is 9.73 Å². The SMILES string of the molecule is CCNC(=NCc1ccc(N2CCC(C)CC2)nc1)N1CC(C)C(C(=O)OC)C1.I. The molecule has 30 heavy (non-hydrogen) atoms. The second-order valence-corrected chi connectivity index (χ2v) is 8.38. The van der Waals surface area contributed by atoms with Crippen molar-refractivity contribution in [3.05, 3.63) is 23.9 Å². The third-order valence-corrected chi connectivity index (χ3v) is 6.08. The second kappa shape index (κ2) is 11.7. The molecule has 1 N–H and O–H groups in total. The van der Waals surface area contributed by atoms with E-state index in [-0.39, 0.29) is 41.8 Å². The van der Waals surface area contributed by atoms with E-state index in [1.807, 2.05) is 6.20 Å². The Balaban J connectivity index is 0.00000320. The molecule has 0 spiro atoms. The molecule has 0 bridgehead atoms. The van der Waals surface area contributed by atoms with Crippen molar-refractivity contribution in [2.75, 3.05) is 44.7 Å². The molecule has 2 aliphatic heterocycles. The van der Waals surface area contributed by atoms with E-state index in [0.29, 0.717) is 13.1 Å². The first-order chi connectivity index (χ1) is 14.0. The Morgan fingerprint density at radius 1 is 1.27 bits per heavy atom. The summed E-state index contributed by atoms with van der Waals surface area (Å²) in [6.07, 6.45) is 4.41. The minimum absolute atomic E-state index is 0. The van der Waals surface area contributed by atoms with Crippen LogP contribution in [0.1, 0.15) is 39.2 Å². The number of aromatic nitrogens is 1. The highest BCUT2D eigenvalue weighted by atomic mass is 127. The highest BCUT2D eigenvalue weighted by Crippen LogP contribution is 2.24. The van der Waals surface area contributed by atoms with Crippen molar-refractivity contribution >= 4 is 41.7 Å². The molecule has 2 atom stereocenters. The van der Waals surface area contributed by atoms with Crippen molar-refractivity contribution in [2.45, 2.75) is 40.2 Å². The lowest BCUT2D eigenvalue weighted by Crippen LogP contribution is -2.40. The van der Waals surface area contributed by atoms with Crippen molar-refractivity contribution in [3.8, 4) is 0 Å². The lowest BCUT2D eigenvalue weighted by molar-refractivity contribution is -0.145. The number of piperidine rings is 1. The molecule has 8 heteroatoms. The Bertz CT molecular complexity index is 704. The number of rotatable bonds is 5. The van der Waals surface area contributed by atoms with Gasteiger partial charge in [-0.15, -0.1) is 24.0 Å². The Labute approximate surface area is 197 Å². The van der Waals surface area contributed by atoms with Gasteiger partial charge >= 0.3 is 5.97 Å². The smallest absolute Gasteiger partial charge is 0.310 e. The van der Waals surface area contributed by atoms with E-state index < -0.39 is 0 Å². The molecule has 2 fully saturated rings. The van der Waals surface area contributed by atoms with Crippen molar-refractivity contribution in [3.63, 3.8) is 0 Å². The van der Waals surface area contributed by atoms with Gasteiger partial charge in [0, 0.05) is 38.9 Å². The van der Waals surface area contributed by atoms with Crippen molar-refractivity contribution in [1.82, 2.24) is 15.2 Å². The molecule has 168 valence electrons. The molecule has 0 radical (unpaired) electrons. The van der Waals surface area contributed by atoms with Crippen molar-refractivity contribution < 1.29 is 9.53 Å². The van der Waals surface area contributed by atoms with Crippen LogP contribution in [0.15, 0.2) is 23.3 Å². The zero-order chi connectivity index (χ0) is 20.8. The number of aliphatic imine (C=N–C) groups is 1. The fourth-order valence-electron chi connectivity index (χ4n) is 4.12. The summed E-state index contributed by atoms with van der Waals surface area (Å²) in [5.74, 6) is 2.74. The average molecular weight is 529 g/mol. The van der Waals surface area contributed by atoms with Gasteiger partial charge in [-0.2, -0.15) is 0 Å². The Morgan fingerprint density at radius 2 is 2.00 bits per heavy atom. The molecule has 7 nitrogen and oxygen atoms in total. The number of guanidine groups is 1. The van der Waals surface area contributed by atoms with Crippen molar-refractivity contribution in [2.24, 2.45) is 22.7 Å². The first-order valence-corrected chi connectivity index (χ1v) is 10.8. The number of halogens is 1. The van der Waals surface area contributed by atoms with E-state index in [1.165, 1.54) is 20.0 Å². The number of methoxy groups -OCH3 is 1. The van der Waals surface area contributed by atoms with Crippen LogP contribution in [0.2, 0.25) is 0 Å². The van der Waals surface area contributed by atoms with Crippen LogP contribution in [-0.4, -0.2) is 61.6 Å². The van der Waals surface area contributed by atoms with E-state index in [1.54, 1.807) is 0 Å². The molecule has 2 unspecified atom stereocenters. The van der Waals surface area contributed by atoms with Gasteiger partial charge in [0.1, 0.15) is 5.82 Å². The maximum Gasteiger partial charge on any atom is 0.310 e. The molecular weight excluding hydrogens is 493 g/mol. The number of hydrogen-bond donors (Lipinski definition) is 1. The predicted molar refractivity (Wildman–Crippen MR) is 131 cm³/mol. The van der Waals surface area contributed by atoms with Gasteiger partial charge in [0.15, 0.2) is 5.96 Å². The average Bonchev–Trinajstić information content (AvgIpc) is 3.13. The van der Waals surface area contributed by atoms with Gasteiger partial charge in [0.25, 0.3) is 0 Å². The second-order valence-electron chi connectivity index (χ2n) is 8.38. The number of nitrogens with zero attached hydrogens (tertiary/aromatic N) is 4. The molecule has 3 rings (SSSR count). The highest BCUT2D eigenvalue weighted by molar-refractivity contribution is 14.0. The molecule has 0 aromatic carbocycles. The maximum absolute atomic E-state index is 12.0. The third-order valence-electron chi connectivity index (χ3n) is 6.08. The van der Waals surface area contributed by atoms with Crippen LogP contribution in [0.3, 0.4) is 0 Å². The first-order valence-electron chi connectivity index (χ1n) is 10.8. The third kappa shape index (κ3) is 6.21. The topological polar surface area (TPSA) is 70.1 Å². The standard InChI is InChI=1S/C22H35N5O2.HI/c1-5-23-22(27-14-17(3)19(15-27)21(28)29-4)25-13-18-6-7-20(24-12-18)26-10-8-16(2)9-11-26;/h6-7,12,16-17,19H,5,8-11,13-15H2,1-4H3,(H,23,25);1H. The van der Waals surface area contributed by atoms with Crippen LogP contribution in [-0.2, 0) is 16.1 Å². The maximum atomic E-state index is 12.0. The molecule has 0 saturated carbocycles. The molecule has 3 heterocycles. The van der Waals surface area contributed by atoms with Crippen LogP contribution in [0, 0.1) is 17.8 Å². The van der Waals surface area contributed by atoms with E-state index in [2.05, 4.69) is 53.0 Å². The van der Waals surface area contributed by atoms with Crippen LogP contribution in [0.5, 0.6) is 0 Å². The fraction of sp³-hybridized carbons (Fsp3) is 0.682. The quantitative estimate of drug-likeness (QED) is 0.274. The monoisotopic (exact) mass is 529 g/mol. The summed E-state index contributed by atoms with van der Waals surface area (Å²) in [5, 5.41) is 3.36. The van der Waals surface area contributed by atoms with Gasteiger partial charge in [0.05, 0.1) is 19.6 Å². The van der Waals surface area contributed by atoms with Crippen LogP contribution < -0.4 is 10.2 Å². The molecule has 0 amide bonds. The van der Waals surface area contributed by atoms with E-state index >= 15 is 0 Å². The number of likely N-dealkylation sites (tertiary alicyclic amines) is 1. The van der Waals surface area contributed by atoms with Gasteiger partial charge in [-0.25, -0.2) is 9.98 Å². The van der Waals surface area contributed by atoms with Crippen LogP contribution >= 0.6 is 24.0 Å². The number of nitrogens with one attached hydrogen (secondary N) is 1. The summed E-state index contributed by atoms with van der Waals surface area (Å²) >= 11 is 0. The first kappa shape index (κ1) is 24.7. The van der Waals surface area contributed by atoms with Crippen LogP contribution in [0.25, 0.3) is 0 Å². The number of carbonyl (C=O) groups is 1. The summed E-state index contributed by atoms with van der Waals surface area (Å²) in [6.45, 7) is 11.5. The highest BCUT2D eigenvalue weighted by Gasteiger charge is 2.36. The number of carbonyl (C=O) groups excluding carboxylic acids is 1. The summed E-state index contributed by atoms with van der Waals surface area (Å²) in [7, 11) is 1.46. The number of anilines is 1. The van der Waals surface area contributed by atoms with Gasteiger partial charge in [0.2, 0.25) is 0 Å². The molecule has 1 aromatic rings. The lowest BCUT2D eigenvalue weighted by atomic mass is 9.99. The minimum atomic E-state index is -0.136. The zero-order valence-electron chi connectivity index (χ0n) is 18.6.